The van der Waals surface area contributed by atoms with E-state index in [0.29, 0.717) is 8.68 Å². The summed E-state index contributed by atoms with van der Waals surface area (Å²) < 4.78 is 1.19. The predicted molar refractivity (Wildman–Crippen MR) is 50.1 cm³/mol. The van der Waals surface area contributed by atoms with Crippen LogP contribution in [0.5, 0.6) is 0 Å². The Morgan fingerprint density at radius 2 is 2.42 bits per heavy atom. The van der Waals surface area contributed by atoms with Gasteiger partial charge >= 0.3 is 5.97 Å². The average Bonchev–Trinajstić information content (AvgIpc) is 2.35. The molecule has 0 radical (unpaired) electrons. The van der Waals surface area contributed by atoms with Crippen molar-refractivity contribution in [1.29, 1.82) is 0 Å². The summed E-state index contributed by atoms with van der Waals surface area (Å²) in [4.78, 5) is 10.4. The minimum atomic E-state index is -0.851. The van der Waals surface area contributed by atoms with Crippen molar-refractivity contribution in [3.63, 3.8) is 0 Å². The smallest absolute Gasteiger partial charge is 0.316 e. The van der Waals surface area contributed by atoms with Gasteiger partial charge in [-0.2, -0.15) is 0 Å². The molecule has 0 spiro atoms. The summed E-state index contributed by atoms with van der Waals surface area (Å²) in [5.74, 6) is -0.851. The Morgan fingerprint density at radius 1 is 1.75 bits per heavy atom. The molecule has 0 saturated carbocycles. The summed E-state index contributed by atoms with van der Waals surface area (Å²) in [5.41, 5.74) is 0. The lowest BCUT2D eigenvalue weighted by Gasteiger charge is -1.99. The topological polar surface area (TPSA) is 63.1 Å². The third kappa shape index (κ3) is 2.65. The standard InChI is InChI=1S/C5H6N2O2S3/c1-2(3(8)9)11-5-7-6-4(10)12-5/h2H,1H3,(H,6,10)(H,8,9). The molecule has 0 aliphatic heterocycles. The lowest BCUT2D eigenvalue weighted by molar-refractivity contribution is -0.136. The van der Waals surface area contributed by atoms with Crippen molar-refractivity contribution in [1.82, 2.24) is 10.2 Å². The highest BCUT2D eigenvalue weighted by Crippen LogP contribution is 2.27. The molecular formula is C5H6N2O2S3. The van der Waals surface area contributed by atoms with Gasteiger partial charge in [0.1, 0.15) is 5.25 Å². The van der Waals surface area contributed by atoms with Crippen molar-refractivity contribution >= 4 is 41.7 Å². The van der Waals surface area contributed by atoms with E-state index < -0.39 is 11.2 Å². The summed E-state index contributed by atoms with van der Waals surface area (Å²) >= 11 is 6.41. The number of carbonyl (C=O) groups is 1. The van der Waals surface area contributed by atoms with Crippen LogP contribution in [-0.2, 0) is 4.79 Å². The van der Waals surface area contributed by atoms with E-state index in [1.54, 1.807) is 6.92 Å². The number of rotatable bonds is 3. The number of hydrogen-bond donors (Lipinski definition) is 2. The fourth-order valence-electron chi connectivity index (χ4n) is 0.452. The van der Waals surface area contributed by atoms with Gasteiger partial charge in [0, 0.05) is 0 Å². The zero-order valence-electron chi connectivity index (χ0n) is 6.09. The number of hydrogen-bond acceptors (Lipinski definition) is 6. The number of carboxylic acids is 1. The first-order valence-corrected chi connectivity index (χ1v) is 5.16. The van der Waals surface area contributed by atoms with Gasteiger partial charge in [0.05, 0.1) is 0 Å². The van der Waals surface area contributed by atoms with Crippen molar-refractivity contribution in [2.75, 3.05) is 0 Å². The summed E-state index contributed by atoms with van der Waals surface area (Å²) in [7, 11) is 0. The number of aliphatic carboxylic acids is 1. The SMILES string of the molecule is CC(Sc1nnc(S)s1)C(=O)O. The van der Waals surface area contributed by atoms with Gasteiger partial charge < -0.3 is 5.11 Å². The first kappa shape index (κ1) is 9.82. The molecule has 1 aromatic heterocycles. The molecule has 1 N–H and O–H groups in total. The zero-order chi connectivity index (χ0) is 9.14. The molecule has 0 aromatic carbocycles. The van der Waals surface area contributed by atoms with Crippen LogP contribution in [-0.4, -0.2) is 26.5 Å². The minimum Gasteiger partial charge on any atom is -0.480 e. The second kappa shape index (κ2) is 4.11. The summed E-state index contributed by atoms with van der Waals surface area (Å²) in [5, 5.41) is 15.4. The van der Waals surface area contributed by atoms with E-state index >= 15 is 0 Å². The molecule has 1 aromatic rings. The molecule has 12 heavy (non-hydrogen) atoms. The second-order valence-electron chi connectivity index (χ2n) is 1.95. The third-order valence-electron chi connectivity index (χ3n) is 1.02. The molecule has 0 aliphatic rings. The lowest BCUT2D eigenvalue weighted by atomic mass is 10.5. The van der Waals surface area contributed by atoms with Crippen molar-refractivity contribution in [3.8, 4) is 0 Å². The zero-order valence-corrected chi connectivity index (χ0v) is 8.62. The number of nitrogens with zero attached hydrogens (tertiary/aromatic N) is 2. The lowest BCUT2D eigenvalue weighted by Crippen LogP contribution is -2.10. The summed E-state index contributed by atoms with van der Waals surface area (Å²) in [6.45, 7) is 1.60. The van der Waals surface area contributed by atoms with Crippen molar-refractivity contribution in [2.45, 2.75) is 20.9 Å². The van der Waals surface area contributed by atoms with Gasteiger partial charge in [0.2, 0.25) is 0 Å². The molecule has 0 saturated heterocycles. The van der Waals surface area contributed by atoms with Crippen LogP contribution in [0.1, 0.15) is 6.92 Å². The van der Waals surface area contributed by atoms with Crippen LogP contribution in [0.2, 0.25) is 0 Å². The molecule has 7 heteroatoms. The molecule has 1 rings (SSSR count). The van der Waals surface area contributed by atoms with Crippen LogP contribution in [0.15, 0.2) is 8.68 Å². The van der Waals surface area contributed by atoms with Crippen LogP contribution in [0.25, 0.3) is 0 Å². The predicted octanol–water partition coefficient (Wildman–Crippen LogP) is 1.39. The maximum atomic E-state index is 10.4. The van der Waals surface area contributed by atoms with Crippen LogP contribution in [0, 0.1) is 0 Å². The molecule has 0 fully saturated rings. The quantitative estimate of drug-likeness (QED) is 0.598. The molecular weight excluding hydrogens is 216 g/mol. The van der Waals surface area contributed by atoms with Gasteiger partial charge in [-0.25, -0.2) is 0 Å². The van der Waals surface area contributed by atoms with Gasteiger partial charge in [0.15, 0.2) is 8.68 Å². The molecule has 1 heterocycles. The van der Waals surface area contributed by atoms with Crippen LogP contribution >= 0.6 is 35.7 Å². The highest BCUT2D eigenvalue weighted by Gasteiger charge is 2.14. The number of aromatic nitrogens is 2. The maximum absolute atomic E-state index is 10.4. The Kier molecular flexibility index (Phi) is 3.36. The molecule has 0 aliphatic carbocycles. The van der Waals surface area contributed by atoms with E-state index in [4.69, 9.17) is 5.11 Å². The Hall–Kier alpha value is -0.270. The summed E-state index contributed by atoms with van der Waals surface area (Å²) in [6, 6.07) is 0. The van der Waals surface area contributed by atoms with E-state index in [2.05, 4.69) is 22.8 Å². The Morgan fingerprint density at radius 3 is 2.83 bits per heavy atom. The highest BCUT2D eigenvalue weighted by atomic mass is 32.2. The summed E-state index contributed by atoms with van der Waals surface area (Å²) in [6.07, 6.45) is 0. The molecule has 0 bridgehead atoms. The molecule has 1 atom stereocenters. The monoisotopic (exact) mass is 222 g/mol. The van der Waals surface area contributed by atoms with Crippen LogP contribution in [0.3, 0.4) is 0 Å². The first-order chi connectivity index (χ1) is 5.59. The van der Waals surface area contributed by atoms with Crippen molar-refractivity contribution in [2.24, 2.45) is 0 Å². The number of thiol groups is 1. The van der Waals surface area contributed by atoms with E-state index in [9.17, 15) is 4.79 Å². The highest BCUT2D eigenvalue weighted by molar-refractivity contribution is 8.02. The van der Waals surface area contributed by atoms with E-state index in [1.165, 1.54) is 23.1 Å². The van der Waals surface area contributed by atoms with E-state index in [-0.39, 0.29) is 0 Å². The Labute approximate surface area is 82.8 Å². The van der Waals surface area contributed by atoms with Gasteiger partial charge in [-0.1, -0.05) is 23.1 Å². The van der Waals surface area contributed by atoms with Gasteiger partial charge in [-0.05, 0) is 6.92 Å². The Balaban J connectivity index is 2.58. The average molecular weight is 222 g/mol. The van der Waals surface area contributed by atoms with Crippen LogP contribution in [0.4, 0.5) is 0 Å². The number of thioether (sulfide) groups is 1. The molecule has 0 amide bonds. The van der Waals surface area contributed by atoms with Crippen LogP contribution < -0.4 is 0 Å². The largest absolute Gasteiger partial charge is 0.480 e. The van der Waals surface area contributed by atoms with Crippen molar-refractivity contribution < 1.29 is 9.90 Å². The molecule has 66 valence electrons. The fraction of sp³-hybridized carbons (Fsp3) is 0.400. The third-order valence-corrected chi connectivity index (χ3v) is 3.28. The molecule has 1 unspecified atom stereocenters. The van der Waals surface area contributed by atoms with Gasteiger partial charge in [-0.3, -0.25) is 4.79 Å². The normalized spacial score (nSPS) is 12.8. The number of carboxylic acid groups (broad SMARTS) is 1. The molecule has 4 nitrogen and oxygen atoms in total. The Bertz CT molecular complexity index is 288. The van der Waals surface area contributed by atoms with Gasteiger partial charge in [0.25, 0.3) is 0 Å². The minimum absolute atomic E-state index is 0.495. The van der Waals surface area contributed by atoms with Crippen molar-refractivity contribution in [3.05, 3.63) is 0 Å². The maximum Gasteiger partial charge on any atom is 0.316 e. The van der Waals surface area contributed by atoms with E-state index in [1.807, 2.05) is 0 Å². The first-order valence-electron chi connectivity index (χ1n) is 3.01. The fourth-order valence-corrected chi connectivity index (χ4v) is 2.61. The van der Waals surface area contributed by atoms with E-state index in [0.717, 1.165) is 0 Å². The van der Waals surface area contributed by atoms with Gasteiger partial charge in [-0.15, -0.1) is 22.8 Å². The second-order valence-corrected chi connectivity index (χ2v) is 5.24.